The number of carbonyl (C=O) groups is 1. The smallest absolute Gasteiger partial charge is 0.416 e. The first-order valence-electron chi connectivity index (χ1n) is 4.14. The molecule has 0 spiro atoms. The third kappa shape index (κ3) is 7.61. The molecule has 16 heavy (non-hydrogen) atoms. The number of halogens is 3. The quantitative estimate of drug-likeness (QED) is 0.698. The van der Waals surface area contributed by atoms with Crippen LogP contribution < -0.4 is 0 Å². The Morgan fingerprint density at radius 2 is 1.50 bits per heavy atom. The van der Waals surface area contributed by atoms with E-state index in [-0.39, 0.29) is 5.75 Å². The lowest BCUT2D eigenvalue weighted by Crippen LogP contribution is -2.03. The molecule has 1 aromatic rings. The van der Waals surface area contributed by atoms with E-state index < -0.39 is 11.7 Å². The zero-order chi connectivity index (χ0) is 13.2. The Kier molecular flexibility index (Phi) is 8.86. The summed E-state index contributed by atoms with van der Waals surface area (Å²) in [5, 5.41) is 8.66. The summed E-state index contributed by atoms with van der Waals surface area (Å²) in [6.45, 7) is 7.25. The fourth-order valence-corrected chi connectivity index (χ4v) is 0.650. The van der Waals surface area contributed by atoms with Crippen LogP contribution in [0, 0.1) is 0 Å². The number of alkyl halides is 3. The van der Waals surface area contributed by atoms with Gasteiger partial charge >= 0.3 is 6.18 Å². The first kappa shape index (κ1) is 16.6. The molecule has 2 nitrogen and oxygen atoms in total. The SMILES string of the molecule is C=CC.C=O.Oc1ccc(C(F)(F)F)cc1. The number of phenols is 1. The Labute approximate surface area is 92.0 Å². The number of hydrogen-bond donors (Lipinski definition) is 1. The summed E-state index contributed by atoms with van der Waals surface area (Å²) in [7, 11) is 0. The molecule has 5 heteroatoms. The highest BCUT2D eigenvalue weighted by Crippen LogP contribution is 2.29. The molecule has 0 aliphatic carbocycles. The minimum absolute atomic E-state index is 0.169. The maximum absolute atomic E-state index is 11.8. The summed E-state index contributed by atoms with van der Waals surface area (Å²) in [6, 6.07) is 3.66. The summed E-state index contributed by atoms with van der Waals surface area (Å²) in [6.07, 6.45) is -2.58. The zero-order valence-corrected chi connectivity index (χ0v) is 8.79. The summed E-state index contributed by atoms with van der Waals surface area (Å²) in [4.78, 5) is 8.00. The summed E-state index contributed by atoms with van der Waals surface area (Å²) in [5.74, 6) is -0.169. The van der Waals surface area contributed by atoms with E-state index in [0.29, 0.717) is 0 Å². The first-order valence-corrected chi connectivity index (χ1v) is 4.14. The monoisotopic (exact) mass is 234 g/mol. The average molecular weight is 234 g/mol. The van der Waals surface area contributed by atoms with Gasteiger partial charge in [-0.2, -0.15) is 13.2 Å². The Bertz CT molecular complexity index is 291. The minimum Gasteiger partial charge on any atom is -0.508 e. The van der Waals surface area contributed by atoms with Gasteiger partial charge in [-0.15, -0.1) is 6.58 Å². The van der Waals surface area contributed by atoms with Crippen molar-refractivity contribution in [3.63, 3.8) is 0 Å². The second kappa shape index (κ2) is 8.52. The van der Waals surface area contributed by atoms with Crippen molar-refractivity contribution in [1.29, 1.82) is 0 Å². The summed E-state index contributed by atoms with van der Waals surface area (Å²) >= 11 is 0. The van der Waals surface area contributed by atoms with Gasteiger partial charge in [-0.1, -0.05) is 6.08 Å². The normalized spacial score (nSPS) is 9.00. The third-order valence-corrected chi connectivity index (χ3v) is 1.19. The number of benzene rings is 1. The van der Waals surface area contributed by atoms with E-state index in [0.717, 1.165) is 24.3 Å². The summed E-state index contributed by atoms with van der Waals surface area (Å²) < 4.78 is 35.5. The van der Waals surface area contributed by atoms with Gasteiger partial charge in [0.1, 0.15) is 12.5 Å². The van der Waals surface area contributed by atoms with Crippen LogP contribution in [0.4, 0.5) is 13.2 Å². The van der Waals surface area contributed by atoms with Crippen LogP contribution in [0.3, 0.4) is 0 Å². The molecule has 1 rings (SSSR count). The van der Waals surface area contributed by atoms with Gasteiger partial charge in [0.2, 0.25) is 0 Å². The maximum Gasteiger partial charge on any atom is 0.416 e. The van der Waals surface area contributed by atoms with Crippen LogP contribution in [0.1, 0.15) is 12.5 Å². The van der Waals surface area contributed by atoms with Crippen LogP contribution in [0.15, 0.2) is 36.9 Å². The largest absolute Gasteiger partial charge is 0.508 e. The number of carbonyl (C=O) groups excluding carboxylic acids is 1. The standard InChI is InChI=1S/C7H5F3O.C3H6.CH2O/c8-7(9,10)5-1-3-6(11)4-2-5;1-3-2;1-2/h1-4,11H;3H,1H2,2H3;1H2. The van der Waals surface area contributed by atoms with E-state index in [1.165, 1.54) is 0 Å². The molecule has 1 aromatic carbocycles. The van der Waals surface area contributed by atoms with Gasteiger partial charge in [-0.3, -0.25) is 0 Å². The van der Waals surface area contributed by atoms with Crippen LogP contribution in [0.2, 0.25) is 0 Å². The van der Waals surface area contributed by atoms with Gasteiger partial charge in [0.15, 0.2) is 0 Å². The van der Waals surface area contributed by atoms with E-state index in [2.05, 4.69) is 6.58 Å². The molecule has 0 aromatic heterocycles. The Hall–Kier alpha value is -1.78. The molecule has 0 saturated carbocycles. The topological polar surface area (TPSA) is 37.3 Å². The van der Waals surface area contributed by atoms with Gasteiger partial charge in [0.25, 0.3) is 0 Å². The van der Waals surface area contributed by atoms with Crippen molar-refractivity contribution >= 4 is 6.79 Å². The molecule has 0 bridgehead atoms. The van der Waals surface area contributed by atoms with E-state index >= 15 is 0 Å². The lowest BCUT2D eigenvalue weighted by atomic mass is 10.2. The lowest BCUT2D eigenvalue weighted by Gasteiger charge is -2.04. The van der Waals surface area contributed by atoms with Crippen LogP contribution in [0.5, 0.6) is 5.75 Å². The van der Waals surface area contributed by atoms with Crippen LogP contribution in [-0.2, 0) is 11.0 Å². The third-order valence-electron chi connectivity index (χ3n) is 1.19. The molecule has 0 amide bonds. The molecular formula is C11H13F3O2. The highest BCUT2D eigenvalue weighted by atomic mass is 19.4. The number of rotatable bonds is 0. The average Bonchev–Trinajstić information content (AvgIpc) is 2.21. The number of allylic oxidation sites excluding steroid dienone is 1. The molecular weight excluding hydrogens is 221 g/mol. The fourth-order valence-electron chi connectivity index (χ4n) is 0.650. The minimum atomic E-state index is -4.33. The molecule has 0 saturated heterocycles. The molecule has 0 radical (unpaired) electrons. The van der Waals surface area contributed by atoms with Gasteiger partial charge in [0.05, 0.1) is 5.56 Å². The highest BCUT2D eigenvalue weighted by Gasteiger charge is 2.29. The van der Waals surface area contributed by atoms with Crippen molar-refractivity contribution in [2.24, 2.45) is 0 Å². The predicted molar refractivity (Wildman–Crippen MR) is 56.1 cm³/mol. The molecule has 0 aliphatic rings. The van der Waals surface area contributed by atoms with Crippen LogP contribution in [-0.4, -0.2) is 11.9 Å². The molecule has 0 unspecified atom stereocenters. The van der Waals surface area contributed by atoms with Crippen molar-refractivity contribution in [3.05, 3.63) is 42.5 Å². The second-order valence-corrected chi connectivity index (χ2v) is 2.45. The molecule has 90 valence electrons. The molecule has 0 aliphatic heterocycles. The lowest BCUT2D eigenvalue weighted by molar-refractivity contribution is -0.137. The predicted octanol–water partition coefficient (Wildman–Crippen LogP) is 3.42. The van der Waals surface area contributed by atoms with E-state index in [4.69, 9.17) is 9.90 Å². The van der Waals surface area contributed by atoms with Gasteiger partial charge < -0.3 is 9.90 Å². The second-order valence-electron chi connectivity index (χ2n) is 2.45. The van der Waals surface area contributed by atoms with Crippen LogP contribution in [0.25, 0.3) is 0 Å². The number of phenolic OH excluding ortho intramolecular Hbond substituents is 1. The van der Waals surface area contributed by atoms with Gasteiger partial charge in [-0.05, 0) is 31.2 Å². The molecule has 0 atom stereocenters. The molecule has 1 N–H and O–H groups in total. The Morgan fingerprint density at radius 1 is 1.19 bits per heavy atom. The number of hydrogen-bond acceptors (Lipinski definition) is 2. The van der Waals surface area contributed by atoms with Gasteiger partial charge in [0, 0.05) is 0 Å². The molecule has 0 fully saturated rings. The van der Waals surface area contributed by atoms with Crippen molar-refractivity contribution in [1.82, 2.24) is 0 Å². The van der Waals surface area contributed by atoms with E-state index in [9.17, 15) is 13.2 Å². The summed E-state index contributed by atoms with van der Waals surface area (Å²) in [5.41, 5.74) is -0.754. The van der Waals surface area contributed by atoms with Crippen molar-refractivity contribution in [3.8, 4) is 5.75 Å². The van der Waals surface area contributed by atoms with Crippen molar-refractivity contribution < 1.29 is 23.1 Å². The Balaban J connectivity index is 0. The van der Waals surface area contributed by atoms with Crippen molar-refractivity contribution in [2.75, 3.05) is 0 Å². The van der Waals surface area contributed by atoms with E-state index in [1.807, 2.05) is 13.7 Å². The molecule has 0 heterocycles. The van der Waals surface area contributed by atoms with Gasteiger partial charge in [-0.25, -0.2) is 0 Å². The zero-order valence-electron chi connectivity index (χ0n) is 8.79. The van der Waals surface area contributed by atoms with Crippen molar-refractivity contribution in [2.45, 2.75) is 13.1 Å². The number of aromatic hydroxyl groups is 1. The highest BCUT2D eigenvalue weighted by molar-refractivity contribution is 5.27. The fraction of sp³-hybridized carbons (Fsp3) is 0.182. The van der Waals surface area contributed by atoms with E-state index in [1.54, 1.807) is 6.08 Å². The first-order chi connectivity index (χ1) is 7.41. The maximum atomic E-state index is 11.8. The van der Waals surface area contributed by atoms with Crippen LogP contribution >= 0.6 is 0 Å². The Morgan fingerprint density at radius 3 is 1.75 bits per heavy atom.